The maximum atomic E-state index is 5.48. The van der Waals surface area contributed by atoms with Gasteiger partial charge < -0.3 is 9.73 Å². The Labute approximate surface area is 101 Å². The maximum absolute atomic E-state index is 5.48. The average molecular weight is 234 g/mol. The summed E-state index contributed by atoms with van der Waals surface area (Å²) < 4.78 is 7.29. The largest absolute Gasteiger partial charge is 0.444 e. The van der Waals surface area contributed by atoms with E-state index in [0.29, 0.717) is 6.54 Å². The molecule has 2 heterocycles. The van der Waals surface area contributed by atoms with Crippen molar-refractivity contribution in [3.8, 4) is 0 Å². The van der Waals surface area contributed by atoms with Gasteiger partial charge in [-0.05, 0) is 19.9 Å². The lowest BCUT2D eigenvalue weighted by atomic mass is 10.3. The Morgan fingerprint density at radius 1 is 1.41 bits per heavy atom. The van der Waals surface area contributed by atoms with E-state index in [-0.39, 0.29) is 0 Å². The fourth-order valence-corrected chi connectivity index (χ4v) is 1.62. The van der Waals surface area contributed by atoms with E-state index < -0.39 is 0 Å². The molecule has 2 aromatic heterocycles. The van der Waals surface area contributed by atoms with Gasteiger partial charge in [0, 0.05) is 26.2 Å². The van der Waals surface area contributed by atoms with Gasteiger partial charge in [0.2, 0.25) is 5.89 Å². The number of hydrogen-bond donors (Lipinski definition) is 1. The summed E-state index contributed by atoms with van der Waals surface area (Å²) in [4.78, 5) is 4.31. The van der Waals surface area contributed by atoms with Gasteiger partial charge >= 0.3 is 0 Å². The maximum Gasteiger partial charge on any atom is 0.208 e. The number of nitrogens with one attached hydrogen (secondary N) is 1. The van der Waals surface area contributed by atoms with Crippen LogP contribution in [0.15, 0.2) is 16.7 Å². The molecule has 1 N–H and O–H groups in total. The number of aromatic nitrogens is 3. The van der Waals surface area contributed by atoms with Gasteiger partial charge in [0.1, 0.15) is 5.76 Å². The van der Waals surface area contributed by atoms with Gasteiger partial charge in [0.15, 0.2) is 0 Å². The Kier molecular flexibility index (Phi) is 3.58. The van der Waals surface area contributed by atoms with E-state index in [2.05, 4.69) is 15.4 Å². The third kappa shape index (κ3) is 3.17. The highest BCUT2D eigenvalue weighted by molar-refractivity contribution is 5.05. The minimum absolute atomic E-state index is 0.668. The molecule has 0 radical (unpaired) electrons. The lowest BCUT2D eigenvalue weighted by Crippen LogP contribution is -2.17. The van der Waals surface area contributed by atoms with Crippen molar-refractivity contribution >= 4 is 0 Å². The first-order chi connectivity index (χ1) is 8.15. The average Bonchev–Trinajstić information content (AvgIpc) is 2.82. The van der Waals surface area contributed by atoms with E-state index in [4.69, 9.17) is 4.42 Å². The van der Waals surface area contributed by atoms with E-state index in [1.807, 2.05) is 37.8 Å². The molecule has 0 aliphatic heterocycles. The number of nitrogens with zero attached hydrogens (tertiary/aromatic N) is 3. The topological polar surface area (TPSA) is 55.9 Å². The third-order valence-corrected chi connectivity index (χ3v) is 2.68. The Hall–Kier alpha value is -1.62. The van der Waals surface area contributed by atoms with Crippen molar-refractivity contribution in [3.05, 3.63) is 35.3 Å². The molecule has 0 aliphatic carbocycles. The van der Waals surface area contributed by atoms with Crippen LogP contribution in [0.1, 0.15) is 23.0 Å². The summed E-state index contributed by atoms with van der Waals surface area (Å²) in [6.45, 7) is 5.43. The summed E-state index contributed by atoms with van der Waals surface area (Å²) >= 11 is 0. The lowest BCUT2D eigenvalue weighted by Gasteiger charge is -1.99. The van der Waals surface area contributed by atoms with Crippen LogP contribution in [0.25, 0.3) is 0 Å². The Balaban J connectivity index is 1.73. The molecule has 0 fully saturated rings. The minimum Gasteiger partial charge on any atom is -0.444 e. The molecule has 0 spiro atoms. The first-order valence-corrected chi connectivity index (χ1v) is 5.77. The minimum atomic E-state index is 0.668. The van der Waals surface area contributed by atoms with Crippen LogP contribution in [0, 0.1) is 13.8 Å². The van der Waals surface area contributed by atoms with Crippen LogP contribution >= 0.6 is 0 Å². The molecule has 0 atom stereocenters. The molecule has 0 aromatic carbocycles. The summed E-state index contributed by atoms with van der Waals surface area (Å²) in [5.74, 6) is 1.65. The van der Waals surface area contributed by atoms with E-state index in [9.17, 15) is 0 Å². The fraction of sp³-hybridized carbons (Fsp3) is 0.500. The lowest BCUT2D eigenvalue weighted by molar-refractivity contribution is 0.449. The van der Waals surface area contributed by atoms with Crippen LogP contribution in [-0.4, -0.2) is 21.3 Å². The Morgan fingerprint density at radius 2 is 2.24 bits per heavy atom. The van der Waals surface area contributed by atoms with E-state index in [1.54, 1.807) is 0 Å². The van der Waals surface area contributed by atoms with E-state index in [0.717, 1.165) is 36.0 Å². The highest BCUT2D eigenvalue weighted by atomic mass is 16.4. The summed E-state index contributed by atoms with van der Waals surface area (Å²) in [6, 6.07) is 2.03. The van der Waals surface area contributed by atoms with Crippen LogP contribution in [0.4, 0.5) is 0 Å². The molecule has 5 nitrogen and oxygen atoms in total. The number of oxazole rings is 1. The second-order valence-corrected chi connectivity index (χ2v) is 4.16. The van der Waals surface area contributed by atoms with Crippen molar-refractivity contribution in [2.45, 2.75) is 26.8 Å². The van der Waals surface area contributed by atoms with Crippen LogP contribution < -0.4 is 5.32 Å². The van der Waals surface area contributed by atoms with Gasteiger partial charge in [-0.2, -0.15) is 5.10 Å². The Morgan fingerprint density at radius 3 is 2.82 bits per heavy atom. The van der Waals surface area contributed by atoms with Gasteiger partial charge in [0.05, 0.1) is 17.9 Å². The molecule has 0 saturated carbocycles. The van der Waals surface area contributed by atoms with Crippen LogP contribution in [0.3, 0.4) is 0 Å². The van der Waals surface area contributed by atoms with Gasteiger partial charge in [0.25, 0.3) is 0 Å². The van der Waals surface area contributed by atoms with Crippen molar-refractivity contribution < 1.29 is 4.42 Å². The molecule has 2 rings (SSSR count). The second kappa shape index (κ2) is 5.14. The monoisotopic (exact) mass is 234 g/mol. The molecule has 5 heteroatoms. The van der Waals surface area contributed by atoms with Crippen molar-refractivity contribution in [2.24, 2.45) is 7.05 Å². The van der Waals surface area contributed by atoms with Crippen molar-refractivity contribution in [1.82, 2.24) is 20.1 Å². The van der Waals surface area contributed by atoms with Crippen LogP contribution in [0.5, 0.6) is 0 Å². The molecule has 0 bridgehead atoms. The molecule has 0 saturated heterocycles. The zero-order chi connectivity index (χ0) is 12.3. The van der Waals surface area contributed by atoms with Crippen molar-refractivity contribution in [1.29, 1.82) is 0 Å². The standard InChI is InChI=1S/C12H18N4O/c1-9-10(2)17-12(14-9)8-13-6-4-11-5-7-16(3)15-11/h5,7,13H,4,6,8H2,1-3H3. The summed E-state index contributed by atoms with van der Waals surface area (Å²) in [5.41, 5.74) is 2.06. The summed E-state index contributed by atoms with van der Waals surface area (Å²) in [7, 11) is 1.93. The van der Waals surface area contributed by atoms with E-state index in [1.165, 1.54) is 0 Å². The Bertz CT molecular complexity index is 467. The number of rotatable bonds is 5. The fourth-order valence-electron chi connectivity index (χ4n) is 1.62. The van der Waals surface area contributed by atoms with Crippen LogP contribution in [-0.2, 0) is 20.0 Å². The molecule has 0 aliphatic rings. The highest BCUT2D eigenvalue weighted by Crippen LogP contribution is 2.07. The number of aryl methyl sites for hydroxylation is 3. The molecular weight excluding hydrogens is 216 g/mol. The molecule has 2 aromatic rings. The molecule has 17 heavy (non-hydrogen) atoms. The summed E-state index contributed by atoms with van der Waals surface area (Å²) in [5, 5.41) is 7.61. The second-order valence-electron chi connectivity index (χ2n) is 4.16. The normalized spacial score (nSPS) is 11.0. The first-order valence-electron chi connectivity index (χ1n) is 5.77. The summed E-state index contributed by atoms with van der Waals surface area (Å²) in [6.07, 6.45) is 2.87. The molecule has 0 amide bonds. The predicted octanol–water partition coefficient (Wildman–Crippen LogP) is 1.36. The van der Waals surface area contributed by atoms with Gasteiger partial charge in [-0.25, -0.2) is 4.98 Å². The van der Waals surface area contributed by atoms with Gasteiger partial charge in [-0.3, -0.25) is 4.68 Å². The molecule has 92 valence electrons. The molecular formula is C12H18N4O. The van der Waals surface area contributed by atoms with E-state index >= 15 is 0 Å². The third-order valence-electron chi connectivity index (χ3n) is 2.68. The smallest absolute Gasteiger partial charge is 0.208 e. The highest BCUT2D eigenvalue weighted by Gasteiger charge is 2.04. The van der Waals surface area contributed by atoms with Gasteiger partial charge in [-0.1, -0.05) is 0 Å². The SMILES string of the molecule is Cc1nc(CNCCc2ccn(C)n2)oc1C. The van der Waals surface area contributed by atoms with Crippen LogP contribution in [0.2, 0.25) is 0 Å². The first kappa shape index (κ1) is 11.9. The van der Waals surface area contributed by atoms with Gasteiger partial charge in [-0.15, -0.1) is 0 Å². The number of hydrogen-bond acceptors (Lipinski definition) is 4. The zero-order valence-electron chi connectivity index (χ0n) is 10.5. The predicted molar refractivity (Wildman–Crippen MR) is 64.6 cm³/mol. The van der Waals surface area contributed by atoms with Crippen molar-refractivity contribution in [3.63, 3.8) is 0 Å². The molecule has 0 unspecified atom stereocenters. The zero-order valence-corrected chi connectivity index (χ0v) is 10.5. The van der Waals surface area contributed by atoms with Crippen molar-refractivity contribution in [2.75, 3.05) is 6.54 Å². The quantitative estimate of drug-likeness (QED) is 0.794.